The lowest BCUT2D eigenvalue weighted by atomic mass is 10.1. The summed E-state index contributed by atoms with van der Waals surface area (Å²) in [4.78, 5) is 13.7. The van der Waals surface area contributed by atoms with Crippen molar-refractivity contribution in [2.75, 3.05) is 0 Å². The number of rotatable bonds is 7. The minimum Gasteiger partial charge on any atom is -0.318 e. The number of halogens is 2. The van der Waals surface area contributed by atoms with Gasteiger partial charge in [0.15, 0.2) is 0 Å². The Morgan fingerprint density at radius 3 is 2.38 bits per heavy atom. The number of thioether (sulfide) groups is 1. The molecule has 4 nitrogen and oxygen atoms in total. The van der Waals surface area contributed by atoms with Gasteiger partial charge in [-0.05, 0) is 86.1 Å². The van der Waals surface area contributed by atoms with Crippen LogP contribution in [-0.4, -0.2) is 16.7 Å². The van der Waals surface area contributed by atoms with Crippen LogP contribution in [-0.2, 0) is 5.75 Å². The Balaban J connectivity index is 1.36. The summed E-state index contributed by atoms with van der Waals surface area (Å²) in [7, 11) is 0. The normalized spacial score (nSPS) is 11.2. The van der Waals surface area contributed by atoms with Gasteiger partial charge in [0, 0.05) is 48.3 Å². The Morgan fingerprint density at radius 1 is 1.03 bits per heavy atom. The maximum Gasteiger partial charge on any atom is 0.271 e. The van der Waals surface area contributed by atoms with Gasteiger partial charge in [0.05, 0.1) is 6.21 Å². The molecule has 0 aliphatic rings. The molecule has 34 heavy (non-hydrogen) atoms. The van der Waals surface area contributed by atoms with Gasteiger partial charge in [0.1, 0.15) is 0 Å². The molecule has 0 unspecified atom stereocenters. The van der Waals surface area contributed by atoms with Gasteiger partial charge >= 0.3 is 0 Å². The van der Waals surface area contributed by atoms with Gasteiger partial charge in [0.25, 0.3) is 5.91 Å². The monoisotopic (exact) mass is 551 g/mol. The molecule has 0 spiro atoms. The zero-order valence-corrected chi connectivity index (χ0v) is 21.9. The second-order valence-corrected chi connectivity index (χ2v) is 10.2. The first-order valence-electron chi connectivity index (χ1n) is 10.7. The van der Waals surface area contributed by atoms with Crippen LogP contribution in [0.15, 0.2) is 93.3 Å². The van der Waals surface area contributed by atoms with Gasteiger partial charge in [-0.25, -0.2) is 5.43 Å². The number of nitrogens with one attached hydrogen (secondary N) is 1. The molecule has 0 fully saturated rings. The number of benzene rings is 3. The molecule has 4 rings (SSSR count). The molecule has 0 saturated heterocycles. The van der Waals surface area contributed by atoms with Crippen LogP contribution in [0.5, 0.6) is 0 Å². The van der Waals surface area contributed by atoms with Crippen molar-refractivity contribution in [1.29, 1.82) is 0 Å². The van der Waals surface area contributed by atoms with Gasteiger partial charge in [-0.3, -0.25) is 4.79 Å². The Hall–Kier alpha value is -2.80. The van der Waals surface area contributed by atoms with E-state index in [0.29, 0.717) is 5.56 Å². The summed E-state index contributed by atoms with van der Waals surface area (Å²) >= 11 is 11.1. The third kappa shape index (κ3) is 6.00. The molecule has 0 aliphatic carbocycles. The van der Waals surface area contributed by atoms with Crippen molar-refractivity contribution in [3.63, 3.8) is 0 Å². The van der Waals surface area contributed by atoms with Crippen LogP contribution in [0.3, 0.4) is 0 Å². The van der Waals surface area contributed by atoms with E-state index < -0.39 is 0 Å². The van der Waals surface area contributed by atoms with Crippen molar-refractivity contribution < 1.29 is 4.79 Å². The van der Waals surface area contributed by atoms with Crippen LogP contribution in [0.25, 0.3) is 5.69 Å². The van der Waals surface area contributed by atoms with E-state index in [1.165, 1.54) is 0 Å². The molecule has 1 N–H and O–H groups in total. The molecular weight excluding hydrogens is 530 g/mol. The van der Waals surface area contributed by atoms with E-state index in [9.17, 15) is 4.79 Å². The highest BCUT2D eigenvalue weighted by Crippen LogP contribution is 2.24. The van der Waals surface area contributed by atoms with Crippen molar-refractivity contribution in [2.24, 2.45) is 5.10 Å². The first kappa shape index (κ1) is 24.3. The van der Waals surface area contributed by atoms with Crippen LogP contribution in [0.4, 0.5) is 0 Å². The number of nitrogens with zero attached hydrogens (tertiary/aromatic N) is 2. The van der Waals surface area contributed by atoms with Crippen molar-refractivity contribution in [2.45, 2.75) is 24.5 Å². The third-order valence-corrected chi connectivity index (χ3v) is 7.22. The van der Waals surface area contributed by atoms with Gasteiger partial charge in [0.2, 0.25) is 0 Å². The standard InChI is InChI=1S/C27H23BrClN3OS/c1-18-15-22(19(2)32(18)25-11-7-23(28)8-12-25)16-30-31-27(33)21-5-3-20(4-6-21)17-34-26-13-9-24(29)10-14-26/h3-16H,17H2,1-2H3,(H,31,33)/b30-16+. The van der Waals surface area contributed by atoms with E-state index in [2.05, 4.69) is 56.1 Å². The topological polar surface area (TPSA) is 46.4 Å². The summed E-state index contributed by atoms with van der Waals surface area (Å²) in [5.74, 6) is 0.574. The Bertz CT molecular complexity index is 1310. The van der Waals surface area contributed by atoms with E-state index in [1.54, 1.807) is 18.0 Å². The lowest BCUT2D eigenvalue weighted by molar-refractivity contribution is 0.0955. The summed E-state index contributed by atoms with van der Waals surface area (Å²) in [5, 5.41) is 4.92. The van der Waals surface area contributed by atoms with Gasteiger partial charge in [-0.1, -0.05) is 39.7 Å². The van der Waals surface area contributed by atoms with Crippen LogP contribution in [0.2, 0.25) is 5.02 Å². The first-order valence-corrected chi connectivity index (χ1v) is 12.8. The number of aryl methyl sites for hydroxylation is 1. The van der Waals surface area contributed by atoms with E-state index in [0.717, 1.165) is 48.3 Å². The fourth-order valence-corrected chi connectivity index (χ4v) is 4.83. The lowest BCUT2D eigenvalue weighted by Gasteiger charge is -2.09. The predicted octanol–water partition coefficient (Wildman–Crippen LogP) is 7.57. The number of hydrogen-bond acceptors (Lipinski definition) is 3. The summed E-state index contributed by atoms with van der Waals surface area (Å²) in [5.41, 5.74) is 8.52. The molecule has 7 heteroatoms. The van der Waals surface area contributed by atoms with Crippen molar-refractivity contribution >= 4 is 51.4 Å². The predicted molar refractivity (Wildman–Crippen MR) is 145 cm³/mol. The molecule has 172 valence electrons. The van der Waals surface area contributed by atoms with Crippen molar-refractivity contribution in [1.82, 2.24) is 9.99 Å². The molecular formula is C27H23BrClN3OS. The maximum atomic E-state index is 12.5. The van der Waals surface area contributed by atoms with Crippen LogP contribution < -0.4 is 5.43 Å². The summed E-state index contributed by atoms with van der Waals surface area (Å²) in [6.45, 7) is 4.09. The molecule has 1 heterocycles. The first-order chi connectivity index (χ1) is 16.4. The average molecular weight is 553 g/mol. The fourth-order valence-electron chi connectivity index (χ4n) is 3.58. The SMILES string of the molecule is Cc1cc(/C=N/NC(=O)c2ccc(CSc3ccc(Cl)cc3)cc2)c(C)n1-c1ccc(Br)cc1. The smallest absolute Gasteiger partial charge is 0.271 e. The largest absolute Gasteiger partial charge is 0.318 e. The van der Waals surface area contributed by atoms with Gasteiger partial charge in [-0.2, -0.15) is 5.10 Å². The van der Waals surface area contributed by atoms with E-state index in [1.807, 2.05) is 67.6 Å². The molecule has 0 radical (unpaired) electrons. The number of carbonyl (C=O) groups is 1. The third-order valence-electron chi connectivity index (χ3n) is 5.36. The van der Waals surface area contributed by atoms with E-state index in [4.69, 9.17) is 11.6 Å². The number of amides is 1. The highest BCUT2D eigenvalue weighted by molar-refractivity contribution is 9.10. The minimum atomic E-state index is -0.241. The molecule has 0 atom stereocenters. The minimum absolute atomic E-state index is 0.241. The van der Waals surface area contributed by atoms with Crippen LogP contribution >= 0.6 is 39.3 Å². The van der Waals surface area contributed by atoms with E-state index >= 15 is 0 Å². The van der Waals surface area contributed by atoms with Gasteiger partial charge < -0.3 is 4.57 Å². The molecule has 3 aromatic carbocycles. The second-order valence-electron chi connectivity index (χ2n) is 7.78. The van der Waals surface area contributed by atoms with Gasteiger partial charge in [-0.15, -0.1) is 11.8 Å². The molecule has 0 bridgehead atoms. The van der Waals surface area contributed by atoms with Crippen molar-refractivity contribution in [3.05, 3.63) is 116 Å². The van der Waals surface area contributed by atoms with E-state index in [-0.39, 0.29) is 5.91 Å². The van der Waals surface area contributed by atoms with Crippen molar-refractivity contribution in [3.8, 4) is 5.69 Å². The molecule has 0 saturated carbocycles. The van der Waals surface area contributed by atoms with Crippen LogP contribution in [0.1, 0.15) is 32.9 Å². The fraction of sp³-hybridized carbons (Fsp3) is 0.111. The molecule has 0 aliphatic heterocycles. The van der Waals surface area contributed by atoms with Crippen LogP contribution in [0, 0.1) is 13.8 Å². The Labute approximate surface area is 217 Å². The molecule has 1 amide bonds. The summed E-state index contributed by atoms with van der Waals surface area (Å²) in [6.07, 6.45) is 1.69. The zero-order chi connectivity index (χ0) is 24.1. The number of hydrogen-bond donors (Lipinski definition) is 1. The Kier molecular flexibility index (Phi) is 7.93. The lowest BCUT2D eigenvalue weighted by Crippen LogP contribution is -2.17. The number of aromatic nitrogens is 1. The zero-order valence-electron chi connectivity index (χ0n) is 18.8. The highest BCUT2D eigenvalue weighted by Gasteiger charge is 2.10. The summed E-state index contributed by atoms with van der Waals surface area (Å²) in [6, 6.07) is 25.6. The second kappa shape index (κ2) is 11.1. The number of hydrazone groups is 1. The molecule has 1 aromatic heterocycles. The molecule has 4 aromatic rings. The maximum absolute atomic E-state index is 12.5. The summed E-state index contributed by atoms with van der Waals surface area (Å²) < 4.78 is 3.20. The Morgan fingerprint density at radius 2 is 1.71 bits per heavy atom. The quantitative estimate of drug-likeness (QED) is 0.146. The highest BCUT2D eigenvalue weighted by atomic mass is 79.9. The number of carbonyl (C=O) groups excluding carboxylic acids is 1. The average Bonchev–Trinajstić information content (AvgIpc) is 3.12.